The Bertz CT molecular complexity index is 693. The van der Waals surface area contributed by atoms with E-state index in [2.05, 4.69) is 31.9 Å². The van der Waals surface area contributed by atoms with Crippen LogP contribution in [0.25, 0.3) is 0 Å². The first-order valence-corrected chi connectivity index (χ1v) is 8.63. The third-order valence-corrected chi connectivity index (χ3v) is 4.56. The van der Waals surface area contributed by atoms with Gasteiger partial charge in [0.2, 0.25) is 0 Å². The Morgan fingerprint density at radius 1 is 0.750 bits per heavy atom. The van der Waals surface area contributed by atoms with Crippen molar-refractivity contribution in [3.63, 3.8) is 0 Å². The summed E-state index contributed by atoms with van der Waals surface area (Å²) in [6.45, 7) is 0.243. The molecule has 0 N–H and O–H groups in total. The minimum Gasteiger partial charge on any atom is -0.458 e. The summed E-state index contributed by atoms with van der Waals surface area (Å²) in [4.78, 5) is 23.2. The SMILES string of the molecule is O=C(/C=C\C(=O)OCc1ccccc1Br)OCc1ccccc1Br. The van der Waals surface area contributed by atoms with Crippen molar-refractivity contribution >= 4 is 43.8 Å². The van der Waals surface area contributed by atoms with Crippen LogP contribution in [0.15, 0.2) is 69.6 Å². The smallest absolute Gasteiger partial charge is 0.331 e. The van der Waals surface area contributed by atoms with E-state index in [4.69, 9.17) is 9.47 Å². The molecule has 0 aliphatic heterocycles. The van der Waals surface area contributed by atoms with Gasteiger partial charge in [0, 0.05) is 32.2 Å². The number of carbonyl (C=O) groups is 2. The highest BCUT2D eigenvalue weighted by atomic mass is 79.9. The fourth-order valence-electron chi connectivity index (χ4n) is 1.76. The number of benzene rings is 2. The first kappa shape index (κ1) is 18.4. The number of carbonyl (C=O) groups excluding carboxylic acids is 2. The second kappa shape index (κ2) is 9.39. The monoisotopic (exact) mass is 452 g/mol. The minimum absolute atomic E-state index is 0.122. The normalized spacial score (nSPS) is 10.6. The molecule has 0 saturated heterocycles. The molecule has 0 radical (unpaired) electrons. The van der Waals surface area contributed by atoms with Crippen molar-refractivity contribution in [3.8, 4) is 0 Å². The molecule has 0 atom stereocenters. The van der Waals surface area contributed by atoms with Gasteiger partial charge >= 0.3 is 11.9 Å². The average molecular weight is 454 g/mol. The van der Waals surface area contributed by atoms with E-state index >= 15 is 0 Å². The van der Waals surface area contributed by atoms with Gasteiger partial charge in [0.05, 0.1) is 0 Å². The highest BCUT2D eigenvalue weighted by Crippen LogP contribution is 2.17. The molecule has 0 unspecified atom stereocenters. The molecule has 4 nitrogen and oxygen atoms in total. The molecule has 0 fully saturated rings. The first-order valence-electron chi connectivity index (χ1n) is 7.04. The third-order valence-electron chi connectivity index (χ3n) is 3.01. The van der Waals surface area contributed by atoms with Gasteiger partial charge in [0.15, 0.2) is 0 Å². The molecule has 0 aliphatic rings. The van der Waals surface area contributed by atoms with Crippen molar-refractivity contribution in [1.82, 2.24) is 0 Å². The van der Waals surface area contributed by atoms with Crippen LogP contribution >= 0.6 is 31.9 Å². The highest BCUT2D eigenvalue weighted by molar-refractivity contribution is 9.10. The van der Waals surface area contributed by atoms with Crippen molar-refractivity contribution in [2.75, 3.05) is 0 Å². The highest BCUT2D eigenvalue weighted by Gasteiger charge is 2.05. The van der Waals surface area contributed by atoms with E-state index in [1.165, 1.54) is 0 Å². The van der Waals surface area contributed by atoms with Gasteiger partial charge in [-0.2, -0.15) is 0 Å². The van der Waals surface area contributed by atoms with E-state index in [1.807, 2.05) is 48.5 Å². The molecule has 0 bridgehead atoms. The number of hydrogen-bond donors (Lipinski definition) is 0. The zero-order chi connectivity index (χ0) is 17.4. The Morgan fingerprint density at radius 2 is 1.12 bits per heavy atom. The summed E-state index contributed by atoms with van der Waals surface area (Å²) in [6.07, 6.45) is 2.11. The largest absolute Gasteiger partial charge is 0.458 e. The lowest BCUT2D eigenvalue weighted by atomic mass is 10.2. The Balaban J connectivity index is 1.78. The van der Waals surface area contributed by atoms with Crippen molar-refractivity contribution in [2.24, 2.45) is 0 Å². The summed E-state index contributed by atoms with van der Waals surface area (Å²) in [7, 11) is 0. The summed E-state index contributed by atoms with van der Waals surface area (Å²) >= 11 is 6.74. The topological polar surface area (TPSA) is 52.6 Å². The van der Waals surface area contributed by atoms with E-state index in [9.17, 15) is 9.59 Å². The molecule has 0 heterocycles. The Hall–Kier alpha value is -1.92. The summed E-state index contributed by atoms with van der Waals surface area (Å²) in [5.41, 5.74) is 1.69. The number of hydrogen-bond acceptors (Lipinski definition) is 4. The van der Waals surface area contributed by atoms with E-state index in [1.54, 1.807) is 0 Å². The lowest BCUT2D eigenvalue weighted by molar-refractivity contribution is -0.141. The van der Waals surface area contributed by atoms with Crippen molar-refractivity contribution in [1.29, 1.82) is 0 Å². The molecule has 2 aromatic carbocycles. The van der Waals surface area contributed by atoms with Gasteiger partial charge in [-0.3, -0.25) is 0 Å². The molecule has 0 saturated carbocycles. The van der Waals surface area contributed by atoms with Crippen LogP contribution in [0.4, 0.5) is 0 Å². The van der Waals surface area contributed by atoms with Gasteiger partial charge in [0.25, 0.3) is 0 Å². The van der Waals surface area contributed by atoms with Crippen LogP contribution in [0.2, 0.25) is 0 Å². The molecule has 24 heavy (non-hydrogen) atoms. The van der Waals surface area contributed by atoms with Gasteiger partial charge in [-0.05, 0) is 12.1 Å². The van der Waals surface area contributed by atoms with E-state index < -0.39 is 11.9 Å². The maximum atomic E-state index is 11.6. The van der Waals surface area contributed by atoms with Gasteiger partial charge in [-0.25, -0.2) is 9.59 Å². The second-order valence-electron chi connectivity index (χ2n) is 4.73. The van der Waals surface area contributed by atoms with E-state index in [0.29, 0.717) is 0 Å². The van der Waals surface area contributed by atoms with Crippen LogP contribution in [-0.4, -0.2) is 11.9 Å². The standard InChI is InChI=1S/C18H14Br2O4/c19-15-7-3-1-5-13(15)11-23-17(21)9-10-18(22)24-12-14-6-2-4-8-16(14)20/h1-10H,11-12H2/b10-9-. The van der Waals surface area contributed by atoms with Crippen LogP contribution in [0.1, 0.15) is 11.1 Å². The number of rotatable bonds is 6. The molecule has 0 amide bonds. The van der Waals surface area contributed by atoms with Gasteiger partial charge < -0.3 is 9.47 Å². The number of esters is 2. The quantitative estimate of drug-likeness (QED) is 0.475. The van der Waals surface area contributed by atoms with Crippen LogP contribution in [-0.2, 0) is 32.3 Å². The van der Waals surface area contributed by atoms with Crippen molar-refractivity contribution < 1.29 is 19.1 Å². The lowest BCUT2D eigenvalue weighted by Gasteiger charge is -2.05. The van der Waals surface area contributed by atoms with Crippen molar-refractivity contribution in [2.45, 2.75) is 13.2 Å². The predicted molar refractivity (Wildman–Crippen MR) is 97.0 cm³/mol. The van der Waals surface area contributed by atoms with E-state index in [-0.39, 0.29) is 13.2 Å². The molecular weight excluding hydrogens is 440 g/mol. The van der Waals surface area contributed by atoms with Crippen molar-refractivity contribution in [3.05, 3.63) is 80.8 Å². The lowest BCUT2D eigenvalue weighted by Crippen LogP contribution is -2.05. The van der Waals surface area contributed by atoms with Crippen LogP contribution in [0, 0.1) is 0 Å². The summed E-state index contributed by atoms with van der Waals surface area (Å²) in [5.74, 6) is -1.22. The zero-order valence-corrected chi connectivity index (χ0v) is 15.7. The molecular formula is C18H14Br2O4. The van der Waals surface area contributed by atoms with Crippen LogP contribution in [0.5, 0.6) is 0 Å². The Morgan fingerprint density at radius 3 is 1.50 bits per heavy atom. The fourth-order valence-corrected chi connectivity index (χ4v) is 2.56. The Labute approximate surface area is 156 Å². The molecule has 2 aromatic rings. The fraction of sp³-hybridized carbons (Fsp3) is 0.111. The van der Waals surface area contributed by atoms with Gasteiger partial charge in [0.1, 0.15) is 13.2 Å². The third kappa shape index (κ3) is 5.94. The molecule has 0 aromatic heterocycles. The van der Waals surface area contributed by atoms with Gasteiger partial charge in [-0.15, -0.1) is 0 Å². The zero-order valence-electron chi connectivity index (χ0n) is 12.6. The average Bonchev–Trinajstić information content (AvgIpc) is 2.58. The summed E-state index contributed by atoms with van der Waals surface area (Å²) in [6, 6.07) is 14.8. The molecule has 124 valence electrons. The maximum absolute atomic E-state index is 11.6. The van der Waals surface area contributed by atoms with Crippen LogP contribution < -0.4 is 0 Å². The number of ether oxygens (including phenoxy) is 2. The summed E-state index contributed by atoms with van der Waals surface area (Å²) in [5, 5.41) is 0. The molecule has 0 spiro atoms. The van der Waals surface area contributed by atoms with E-state index in [0.717, 1.165) is 32.2 Å². The predicted octanol–water partition coefficient (Wildman–Crippen LogP) is 4.55. The Kier molecular flexibility index (Phi) is 7.21. The first-order chi connectivity index (χ1) is 11.6. The molecule has 2 rings (SSSR count). The van der Waals surface area contributed by atoms with Crippen LogP contribution in [0.3, 0.4) is 0 Å². The second-order valence-corrected chi connectivity index (χ2v) is 6.44. The molecule has 0 aliphatic carbocycles. The number of halogens is 2. The molecule has 6 heteroatoms. The maximum Gasteiger partial charge on any atom is 0.331 e. The summed E-state index contributed by atoms with van der Waals surface area (Å²) < 4.78 is 11.9. The minimum atomic E-state index is -0.608. The van der Waals surface area contributed by atoms with Gasteiger partial charge in [-0.1, -0.05) is 68.3 Å².